The molecule has 1 aliphatic heterocycles. The number of methoxy groups -OCH3 is 2. The average Bonchev–Trinajstić information content (AvgIpc) is 3.12. The number of benzene rings is 2. The van der Waals surface area contributed by atoms with E-state index in [9.17, 15) is 9.18 Å². The van der Waals surface area contributed by atoms with Crippen molar-refractivity contribution in [1.82, 2.24) is 10.9 Å². The van der Waals surface area contributed by atoms with Crippen molar-refractivity contribution in [2.45, 2.75) is 18.5 Å². The Kier molecular flexibility index (Phi) is 5.16. The monoisotopic (exact) mass is 345 g/mol. The number of amides is 1. The number of carbonyl (C=O) groups excluding carboxylic acids is 1. The van der Waals surface area contributed by atoms with Crippen LogP contribution in [0.4, 0.5) is 10.1 Å². The van der Waals surface area contributed by atoms with Crippen LogP contribution in [0.3, 0.4) is 0 Å². The molecule has 1 saturated heterocycles. The van der Waals surface area contributed by atoms with Gasteiger partial charge in [-0.25, -0.2) is 15.2 Å². The normalized spacial score (nSPS) is 19.5. The molecule has 132 valence electrons. The second kappa shape index (κ2) is 7.50. The van der Waals surface area contributed by atoms with Gasteiger partial charge in [-0.15, -0.1) is 0 Å². The number of nitrogens with one attached hydrogen (secondary N) is 3. The van der Waals surface area contributed by atoms with Crippen LogP contribution in [-0.2, 0) is 4.79 Å². The summed E-state index contributed by atoms with van der Waals surface area (Å²) in [6.45, 7) is 0. The van der Waals surface area contributed by atoms with Gasteiger partial charge in [0.1, 0.15) is 11.9 Å². The van der Waals surface area contributed by atoms with Crippen LogP contribution in [0, 0.1) is 5.82 Å². The van der Waals surface area contributed by atoms with E-state index in [-0.39, 0.29) is 17.8 Å². The van der Waals surface area contributed by atoms with Gasteiger partial charge in [-0.3, -0.25) is 4.79 Å². The summed E-state index contributed by atoms with van der Waals surface area (Å²) in [7, 11) is 3.10. The van der Waals surface area contributed by atoms with Gasteiger partial charge in [-0.2, -0.15) is 0 Å². The van der Waals surface area contributed by atoms with E-state index in [4.69, 9.17) is 9.47 Å². The van der Waals surface area contributed by atoms with E-state index in [0.717, 1.165) is 5.56 Å². The Hall–Kier alpha value is -2.64. The van der Waals surface area contributed by atoms with Crippen LogP contribution in [0.15, 0.2) is 42.5 Å². The summed E-state index contributed by atoms with van der Waals surface area (Å²) < 4.78 is 23.4. The predicted octanol–water partition coefficient (Wildman–Crippen LogP) is 2.39. The molecule has 2 atom stereocenters. The van der Waals surface area contributed by atoms with Crippen molar-refractivity contribution < 1.29 is 18.7 Å². The highest BCUT2D eigenvalue weighted by atomic mass is 19.1. The van der Waals surface area contributed by atoms with E-state index >= 15 is 0 Å². The fourth-order valence-corrected chi connectivity index (χ4v) is 2.79. The minimum absolute atomic E-state index is 0.0539. The van der Waals surface area contributed by atoms with E-state index in [1.54, 1.807) is 44.6 Å². The molecule has 1 fully saturated rings. The van der Waals surface area contributed by atoms with Gasteiger partial charge in [-0.05, 0) is 36.2 Å². The smallest absolute Gasteiger partial charge is 0.242 e. The summed E-state index contributed by atoms with van der Waals surface area (Å²) >= 11 is 0. The summed E-state index contributed by atoms with van der Waals surface area (Å²) in [6.07, 6.45) is 0.560. The number of anilines is 1. The Morgan fingerprint density at radius 3 is 2.48 bits per heavy atom. The molecule has 0 aromatic heterocycles. The first kappa shape index (κ1) is 17.2. The number of hydrogen-bond acceptors (Lipinski definition) is 5. The van der Waals surface area contributed by atoms with Crippen molar-refractivity contribution in [2.75, 3.05) is 19.5 Å². The van der Waals surface area contributed by atoms with Crippen LogP contribution >= 0.6 is 0 Å². The minimum Gasteiger partial charge on any atom is -0.493 e. The van der Waals surface area contributed by atoms with Gasteiger partial charge >= 0.3 is 0 Å². The molecule has 0 bridgehead atoms. The lowest BCUT2D eigenvalue weighted by molar-refractivity contribution is -0.117. The Morgan fingerprint density at radius 1 is 1.08 bits per heavy atom. The Bertz CT molecular complexity index is 752. The van der Waals surface area contributed by atoms with Gasteiger partial charge in [0.15, 0.2) is 11.5 Å². The molecule has 0 radical (unpaired) electrons. The lowest BCUT2D eigenvalue weighted by Crippen LogP contribution is -2.39. The van der Waals surface area contributed by atoms with Crippen molar-refractivity contribution in [1.29, 1.82) is 0 Å². The zero-order valence-electron chi connectivity index (χ0n) is 14.0. The Balaban J connectivity index is 1.63. The largest absolute Gasteiger partial charge is 0.493 e. The van der Waals surface area contributed by atoms with E-state index in [1.165, 1.54) is 12.1 Å². The highest BCUT2D eigenvalue weighted by Crippen LogP contribution is 2.30. The zero-order valence-corrected chi connectivity index (χ0v) is 14.0. The Labute approximate surface area is 145 Å². The first-order valence-corrected chi connectivity index (χ1v) is 7.90. The molecule has 2 unspecified atom stereocenters. The maximum Gasteiger partial charge on any atom is 0.242 e. The molecule has 25 heavy (non-hydrogen) atoms. The quantitative estimate of drug-likeness (QED) is 0.776. The zero-order chi connectivity index (χ0) is 17.8. The molecule has 1 aliphatic rings. The number of hydrogen-bond donors (Lipinski definition) is 3. The number of halogens is 1. The molecule has 3 N–H and O–H groups in total. The molecule has 1 heterocycles. The summed E-state index contributed by atoms with van der Waals surface area (Å²) in [5, 5.41) is 2.85. The van der Waals surface area contributed by atoms with Gasteiger partial charge in [0.05, 0.1) is 14.2 Å². The molecular weight excluding hydrogens is 325 g/mol. The lowest BCUT2D eigenvalue weighted by Gasteiger charge is -2.13. The van der Waals surface area contributed by atoms with Gasteiger partial charge in [0.2, 0.25) is 5.91 Å². The van der Waals surface area contributed by atoms with Crippen LogP contribution in [0.25, 0.3) is 0 Å². The van der Waals surface area contributed by atoms with Crippen molar-refractivity contribution in [3.63, 3.8) is 0 Å². The number of carbonyl (C=O) groups is 1. The van der Waals surface area contributed by atoms with Crippen molar-refractivity contribution in [3.8, 4) is 11.5 Å². The van der Waals surface area contributed by atoms with Crippen molar-refractivity contribution >= 4 is 11.6 Å². The van der Waals surface area contributed by atoms with E-state index in [1.807, 2.05) is 0 Å². The SMILES string of the molecule is COc1ccc(NC(=O)C2CC(c3ccc(F)cc3)NN2)cc1OC. The summed E-state index contributed by atoms with van der Waals surface area (Å²) in [6, 6.07) is 11.0. The summed E-state index contributed by atoms with van der Waals surface area (Å²) in [5.41, 5.74) is 7.60. The maximum absolute atomic E-state index is 13.0. The third-order valence-corrected chi connectivity index (χ3v) is 4.14. The average molecular weight is 345 g/mol. The number of hydrazine groups is 1. The predicted molar refractivity (Wildman–Crippen MR) is 92.0 cm³/mol. The number of ether oxygens (including phenoxy) is 2. The van der Waals surface area contributed by atoms with Crippen LogP contribution in [0.2, 0.25) is 0 Å². The molecule has 7 heteroatoms. The molecule has 1 amide bonds. The van der Waals surface area contributed by atoms with Crippen LogP contribution in [-0.4, -0.2) is 26.2 Å². The van der Waals surface area contributed by atoms with Crippen molar-refractivity contribution in [3.05, 3.63) is 53.8 Å². The fraction of sp³-hybridized carbons (Fsp3) is 0.278. The summed E-state index contributed by atoms with van der Waals surface area (Å²) in [5.74, 6) is 0.696. The molecule has 2 aromatic carbocycles. The summed E-state index contributed by atoms with van der Waals surface area (Å²) in [4.78, 5) is 12.5. The van der Waals surface area contributed by atoms with Crippen molar-refractivity contribution in [2.24, 2.45) is 0 Å². The van der Waals surface area contributed by atoms with Gasteiger partial charge in [-0.1, -0.05) is 12.1 Å². The highest BCUT2D eigenvalue weighted by molar-refractivity contribution is 5.95. The highest BCUT2D eigenvalue weighted by Gasteiger charge is 2.30. The topological polar surface area (TPSA) is 71.6 Å². The first-order valence-electron chi connectivity index (χ1n) is 7.90. The third-order valence-electron chi connectivity index (χ3n) is 4.14. The van der Waals surface area contributed by atoms with Gasteiger partial charge in [0.25, 0.3) is 0 Å². The standard InChI is InChI=1S/C18H20FN3O3/c1-24-16-8-7-13(9-17(16)25-2)20-18(23)15-10-14(21-22-15)11-3-5-12(19)6-4-11/h3-9,14-15,21-22H,10H2,1-2H3,(H,20,23). The number of rotatable bonds is 5. The second-order valence-corrected chi connectivity index (χ2v) is 5.74. The molecule has 6 nitrogen and oxygen atoms in total. The third kappa shape index (κ3) is 3.89. The fourth-order valence-electron chi connectivity index (χ4n) is 2.79. The lowest BCUT2D eigenvalue weighted by atomic mass is 10.0. The van der Waals surface area contributed by atoms with E-state index < -0.39 is 6.04 Å². The molecule has 0 spiro atoms. The van der Waals surface area contributed by atoms with Crippen LogP contribution in [0.5, 0.6) is 11.5 Å². The first-order chi connectivity index (χ1) is 12.1. The molecule has 0 aliphatic carbocycles. The molecule has 0 saturated carbocycles. The second-order valence-electron chi connectivity index (χ2n) is 5.74. The Morgan fingerprint density at radius 2 is 1.80 bits per heavy atom. The minimum atomic E-state index is -0.400. The molecular formula is C18H20FN3O3. The van der Waals surface area contributed by atoms with Crippen LogP contribution in [0.1, 0.15) is 18.0 Å². The maximum atomic E-state index is 13.0. The van der Waals surface area contributed by atoms with E-state index in [2.05, 4.69) is 16.2 Å². The van der Waals surface area contributed by atoms with E-state index in [0.29, 0.717) is 23.6 Å². The van der Waals surface area contributed by atoms with Gasteiger partial charge in [0, 0.05) is 17.8 Å². The van der Waals surface area contributed by atoms with Gasteiger partial charge < -0.3 is 14.8 Å². The molecule has 3 rings (SSSR count). The molecule has 2 aromatic rings. The van der Waals surface area contributed by atoms with Crippen LogP contribution < -0.4 is 25.6 Å².